The van der Waals surface area contributed by atoms with Crippen LogP contribution in [0.25, 0.3) is 22.2 Å². The fraction of sp³-hybridized carbons (Fsp3) is 0.267. The molecule has 0 unspecified atom stereocenters. The standard InChI is InChI=1S/C15H13F3N4/c1-9-14(10(2)22(21-9)8-15(16,17)18)11-3-4-12-13(7-11)20-6-5-19-12/h3-7H,8H2,1-2H3. The molecule has 0 atom stereocenters. The number of aromatic nitrogens is 4. The van der Waals surface area contributed by atoms with Gasteiger partial charge >= 0.3 is 6.18 Å². The average Bonchev–Trinajstić information content (AvgIpc) is 2.71. The van der Waals surface area contributed by atoms with E-state index in [4.69, 9.17) is 0 Å². The molecular formula is C15H13F3N4. The molecule has 0 aliphatic carbocycles. The lowest BCUT2D eigenvalue weighted by atomic mass is 10.0. The van der Waals surface area contributed by atoms with Crippen molar-refractivity contribution in [2.24, 2.45) is 0 Å². The van der Waals surface area contributed by atoms with Crippen molar-refractivity contribution in [3.63, 3.8) is 0 Å². The molecule has 0 saturated heterocycles. The third-order valence-corrected chi connectivity index (χ3v) is 3.47. The van der Waals surface area contributed by atoms with Gasteiger partial charge in [0, 0.05) is 23.7 Å². The van der Waals surface area contributed by atoms with Gasteiger partial charge in [-0.1, -0.05) is 6.07 Å². The second-order valence-corrected chi connectivity index (χ2v) is 5.08. The lowest BCUT2D eigenvalue weighted by Gasteiger charge is -2.09. The van der Waals surface area contributed by atoms with E-state index in [0.29, 0.717) is 22.5 Å². The molecule has 0 N–H and O–H groups in total. The molecule has 0 fully saturated rings. The molecule has 1 aromatic carbocycles. The fourth-order valence-electron chi connectivity index (χ4n) is 2.56. The molecule has 3 aromatic rings. The Labute approximate surface area is 124 Å². The highest BCUT2D eigenvalue weighted by Crippen LogP contribution is 2.30. The summed E-state index contributed by atoms with van der Waals surface area (Å²) >= 11 is 0. The van der Waals surface area contributed by atoms with Crippen molar-refractivity contribution in [1.29, 1.82) is 0 Å². The summed E-state index contributed by atoms with van der Waals surface area (Å²) in [6, 6.07) is 5.45. The number of nitrogens with zero attached hydrogens (tertiary/aromatic N) is 4. The van der Waals surface area contributed by atoms with E-state index >= 15 is 0 Å². The van der Waals surface area contributed by atoms with Crippen LogP contribution in [0.1, 0.15) is 11.4 Å². The van der Waals surface area contributed by atoms with E-state index < -0.39 is 12.7 Å². The van der Waals surface area contributed by atoms with Crippen LogP contribution in [-0.2, 0) is 6.54 Å². The monoisotopic (exact) mass is 306 g/mol. The second kappa shape index (κ2) is 5.08. The normalized spacial score (nSPS) is 12.0. The average molecular weight is 306 g/mol. The van der Waals surface area contributed by atoms with Gasteiger partial charge in [-0.3, -0.25) is 14.6 Å². The van der Waals surface area contributed by atoms with Crippen LogP contribution in [0.2, 0.25) is 0 Å². The van der Waals surface area contributed by atoms with Crippen molar-refractivity contribution in [2.45, 2.75) is 26.6 Å². The predicted molar refractivity (Wildman–Crippen MR) is 76.3 cm³/mol. The number of alkyl halides is 3. The molecule has 0 radical (unpaired) electrons. The van der Waals surface area contributed by atoms with Gasteiger partial charge < -0.3 is 0 Å². The summed E-state index contributed by atoms with van der Waals surface area (Å²) in [4.78, 5) is 8.41. The Balaban J connectivity index is 2.10. The largest absolute Gasteiger partial charge is 0.408 e. The highest BCUT2D eigenvalue weighted by molar-refractivity contribution is 5.82. The van der Waals surface area contributed by atoms with E-state index in [1.165, 1.54) is 0 Å². The molecule has 4 nitrogen and oxygen atoms in total. The SMILES string of the molecule is Cc1nn(CC(F)(F)F)c(C)c1-c1ccc2nccnc2c1. The fourth-order valence-corrected chi connectivity index (χ4v) is 2.56. The lowest BCUT2D eigenvalue weighted by Crippen LogP contribution is -2.19. The van der Waals surface area contributed by atoms with Crippen LogP contribution >= 0.6 is 0 Å². The van der Waals surface area contributed by atoms with Gasteiger partial charge in [0.2, 0.25) is 0 Å². The van der Waals surface area contributed by atoms with Gasteiger partial charge in [-0.05, 0) is 31.5 Å². The molecule has 0 saturated carbocycles. The summed E-state index contributed by atoms with van der Waals surface area (Å²) in [5.41, 5.74) is 3.97. The maximum Gasteiger partial charge on any atom is 0.408 e. The van der Waals surface area contributed by atoms with Crippen molar-refractivity contribution in [2.75, 3.05) is 0 Å². The molecule has 0 aliphatic heterocycles. The summed E-state index contributed by atoms with van der Waals surface area (Å²) in [6.45, 7) is 2.26. The number of rotatable bonds is 2. The molecule has 22 heavy (non-hydrogen) atoms. The number of benzene rings is 1. The molecule has 2 heterocycles. The van der Waals surface area contributed by atoms with Crippen LogP contribution < -0.4 is 0 Å². The van der Waals surface area contributed by atoms with Gasteiger partial charge in [0.25, 0.3) is 0 Å². The Kier molecular flexibility index (Phi) is 3.35. The Hall–Kier alpha value is -2.44. The van der Waals surface area contributed by atoms with Crippen LogP contribution in [-0.4, -0.2) is 25.9 Å². The van der Waals surface area contributed by atoms with Crippen molar-refractivity contribution in [3.8, 4) is 11.1 Å². The Morgan fingerprint density at radius 2 is 1.73 bits per heavy atom. The van der Waals surface area contributed by atoms with Gasteiger partial charge in [-0.2, -0.15) is 18.3 Å². The Morgan fingerprint density at radius 3 is 2.41 bits per heavy atom. The summed E-state index contributed by atoms with van der Waals surface area (Å²) in [7, 11) is 0. The topological polar surface area (TPSA) is 43.6 Å². The van der Waals surface area contributed by atoms with Gasteiger partial charge in [0.1, 0.15) is 6.54 Å². The first kappa shape index (κ1) is 14.5. The molecular weight excluding hydrogens is 293 g/mol. The van der Waals surface area contributed by atoms with E-state index in [2.05, 4.69) is 15.1 Å². The van der Waals surface area contributed by atoms with Crippen molar-refractivity contribution < 1.29 is 13.2 Å². The first-order valence-electron chi connectivity index (χ1n) is 6.67. The van der Waals surface area contributed by atoms with Crippen LogP contribution in [0, 0.1) is 13.8 Å². The van der Waals surface area contributed by atoms with Crippen LogP contribution in [0.4, 0.5) is 13.2 Å². The minimum Gasteiger partial charge on any atom is -0.260 e. The minimum absolute atomic E-state index is 0.484. The van der Waals surface area contributed by atoms with E-state index in [0.717, 1.165) is 15.8 Å². The molecule has 0 amide bonds. The zero-order valence-electron chi connectivity index (χ0n) is 12.0. The zero-order valence-corrected chi connectivity index (χ0v) is 12.0. The first-order chi connectivity index (χ1) is 10.3. The molecule has 3 rings (SSSR count). The maximum absolute atomic E-state index is 12.6. The van der Waals surface area contributed by atoms with Gasteiger partial charge in [-0.15, -0.1) is 0 Å². The van der Waals surface area contributed by atoms with Gasteiger partial charge in [-0.25, -0.2) is 0 Å². The van der Waals surface area contributed by atoms with Crippen molar-refractivity contribution in [1.82, 2.24) is 19.7 Å². The third-order valence-electron chi connectivity index (χ3n) is 3.47. The molecule has 114 valence electrons. The summed E-state index contributed by atoms with van der Waals surface area (Å²) in [6.07, 6.45) is -1.12. The molecule has 0 spiro atoms. The number of fused-ring (bicyclic) bond motifs is 1. The van der Waals surface area contributed by atoms with E-state index in [1.54, 1.807) is 32.3 Å². The molecule has 0 aliphatic rings. The molecule has 7 heteroatoms. The smallest absolute Gasteiger partial charge is 0.260 e. The number of halogens is 3. The van der Waals surface area contributed by atoms with Crippen LogP contribution in [0.15, 0.2) is 30.6 Å². The zero-order chi connectivity index (χ0) is 15.9. The van der Waals surface area contributed by atoms with Crippen molar-refractivity contribution >= 4 is 11.0 Å². The van der Waals surface area contributed by atoms with Crippen molar-refractivity contribution in [3.05, 3.63) is 42.0 Å². The predicted octanol–water partition coefficient (Wildman–Crippen LogP) is 3.67. The third kappa shape index (κ3) is 2.66. The Bertz CT molecular complexity index is 836. The Morgan fingerprint density at radius 1 is 1.05 bits per heavy atom. The minimum atomic E-state index is -4.30. The summed E-state index contributed by atoms with van der Waals surface area (Å²) in [5.74, 6) is 0. The number of aryl methyl sites for hydroxylation is 1. The quantitative estimate of drug-likeness (QED) is 0.725. The van der Waals surface area contributed by atoms with E-state index in [-0.39, 0.29) is 0 Å². The van der Waals surface area contributed by atoms with E-state index in [9.17, 15) is 13.2 Å². The lowest BCUT2D eigenvalue weighted by molar-refractivity contribution is -0.142. The molecule has 2 aromatic heterocycles. The highest BCUT2D eigenvalue weighted by Gasteiger charge is 2.30. The highest BCUT2D eigenvalue weighted by atomic mass is 19.4. The number of hydrogen-bond donors (Lipinski definition) is 0. The summed E-state index contributed by atoms with van der Waals surface area (Å²) < 4.78 is 38.8. The van der Waals surface area contributed by atoms with E-state index in [1.807, 2.05) is 12.1 Å². The second-order valence-electron chi connectivity index (χ2n) is 5.08. The maximum atomic E-state index is 12.6. The first-order valence-corrected chi connectivity index (χ1v) is 6.67. The van der Waals surface area contributed by atoms with Crippen LogP contribution in [0.5, 0.6) is 0 Å². The van der Waals surface area contributed by atoms with Gasteiger partial charge in [0.15, 0.2) is 0 Å². The van der Waals surface area contributed by atoms with Gasteiger partial charge in [0.05, 0.1) is 16.7 Å². The molecule has 0 bridgehead atoms. The number of hydrogen-bond acceptors (Lipinski definition) is 3. The summed E-state index contributed by atoms with van der Waals surface area (Å²) in [5, 5.41) is 4.01. The van der Waals surface area contributed by atoms with Crippen LogP contribution in [0.3, 0.4) is 0 Å².